The predicted octanol–water partition coefficient (Wildman–Crippen LogP) is 2.55. The van der Waals surface area contributed by atoms with Crippen LogP contribution in [0.4, 0.5) is 4.39 Å². The molecule has 1 heterocycles. The molecule has 1 saturated carbocycles. The third-order valence-corrected chi connectivity index (χ3v) is 4.17. The molecule has 0 amide bonds. The molecule has 0 spiro atoms. The molecule has 2 aromatic rings. The second kappa shape index (κ2) is 4.35. The molecule has 1 aromatic heterocycles. The maximum Gasteiger partial charge on any atom is 0.125 e. The maximum absolute atomic E-state index is 13.2. The van der Waals surface area contributed by atoms with Crippen molar-refractivity contribution in [3.8, 4) is 0 Å². The molecule has 3 nitrogen and oxygen atoms in total. The summed E-state index contributed by atoms with van der Waals surface area (Å²) in [5.41, 5.74) is 7.57. The van der Waals surface area contributed by atoms with E-state index in [9.17, 15) is 4.39 Å². The number of rotatable bonds is 2. The number of hydrogen-bond donors (Lipinski definition) is 1. The molecule has 0 saturated heterocycles. The van der Waals surface area contributed by atoms with Crippen LogP contribution in [0.2, 0.25) is 0 Å². The van der Waals surface area contributed by atoms with E-state index in [1.165, 1.54) is 25.0 Å². The van der Waals surface area contributed by atoms with Gasteiger partial charge in [-0.2, -0.15) is 0 Å². The maximum atomic E-state index is 13.2. The van der Waals surface area contributed by atoms with Crippen LogP contribution in [-0.2, 0) is 7.05 Å². The zero-order chi connectivity index (χ0) is 12.7. The molecule has 2 atom stereocenters. The molecule has 18 heavy (non-hydrogen) atoms. The standard InChI is InChI=1S/C14H18FN3/c1-18-13-6-5-10(15)7-12(13)17-14(18)11-4-2-3-9(11)8-16/h5-7,9,11H,2-4,8,16H2,1H3. The highest BCUT2D eigenvalue weighted by molar-refractivity contribution is 5.76. The van der Waals surface area contributed by atoms with Crippen LogP contribution in [-0.4, -0.2) is 16.1 Å². The van der Waals surface area contributed by atoms with Gasteiger partial charge in [0.15, 0.2) is 0 Å². The molecule has 1 aromatic carbocycles. The van der Waals surface area contributed by atoms with Crippen molar-refractivity contribution in [1.29, 1.82) is 0 Å². The summed E-state index contributed by atoms with van der Waals surface area (Å²) >= 11 is 0. The molecule has 96 valence electrons. The number of aryl methyl sites for hydroxylation is 1. The molecule has 1 aliphatic carbocycles. The van der Waals surface area contributed by atoms with Crippen LogP contribution >= 0.6 is 0 Å². The number of benzene rings is 1. The Bertz CT molecular complexity index is 576. The summed E-state index contributed by atoms with van der Waals surface area (Å²) in [5.74, 6) is 1.78. The minimum absolute atomic E-state index is 0.228. The number of halogens is 1. The number of fused-ring (bicyclic) bond motifs is 1. The van der Waals surface area contributed by atoms with Gasteiger partial charge in [0.1, 0.15) is 11.6 Å². The van der Waals surface area contributed by atoms with Crippen LogP contribution in [0.3, 0.4) is 0 Å². The van der Waals surface area contributed by atoms with Crippen molar-refractivity contribution >= 4 is 11.0 Å². The predicted molar refractivity (Wildman–Crippen MR) is 69.8 cm³/mol. The van der Waals surface area contributed by atoms with E-state index in [0.29, 0.717) is 18.4 Å². The Morgan fingerprint density at radius 3 is 3.06 bits per heavy atom. The van der Waals surface area contributed by atoms with Crippen LogP contribution in [0.25, 0.3) is 11.0 Å². The molecule has 3 rings (SSSR count). The largest absolute Gasteiger partial charge is 0.331 e. The Morgan fingerprint density at radius 1 is 1.44 bits per heavy atom. The molecule has 1 aliphatic rings. The normalized spacial score (nSPS) is 23.9. The smallest absolute Gasteiger partial charge is 0.125 e. The molecule has 4 heteroatoms. The van der Waals surface area contributed by atoms with Crippen molar-refractivity contribution in [1.82, 2.24) is 9.55 Å². The lowest BCUT2D eigenvalue weighted by molar-refractivity contribution is 0.469. The van der Waals surface area contributed by atoms with Crippen molar-refractivity contribution in [2.75, 3.05) is 6.54 Å². The van der Waals surface area contributed by atoms with Crippen LogP contribution < -0.4 is 5.73 Å². The van der Waals surface area contributed by atoms with E-state index in [1.807, 2.05) is 7.05 Å². The molecule has 0 bridgehead atoms. The van der Waals surface area contributed by atoms with Gasteiger partial charge in [0.2, 0.25) is 0 Å². The quantitative estimate of drug-likeness (QED) is 0.886. The zero-order valence-electron chi connectivity index (χ0n) is 10.6. The van der Waals surface area contributed by atoms with Gasteiger partial charge in [-0.05, 0) is 37.4 Å². The number of imidazole rings is 1. The van der Waals surface area contributed by atoms with Crippen LogP contribution in [0.5, 0.6) is 0 Å². The highest BCUT2D eigenvalue weighted by Crippen LogP contribution is 2.39. The first-order valence-electron chi connectivity index (χ1n) is 6.52. The number of aromatic nitrogens is 2. The highest BCUT2D eigenvalue weighted by atomic mass is 19.1. The number of nitrogens with two attached hydrogens (primary N) is 1. The summed E-state index contributed by atoms with van der Waals surface area (Å²) in [7, 11) is 2.01. The Balaban J connectivity index is 2.09. The van der Waals surface area contributed by atoms with Crippen LogP contribution in [0.1, 0.15) is 31.0 Å². The fourth-order valence-electron chi connectivity index (χ4n) is 3.18. The average Bonchev–Trinajstić information content (AvgIpc) is 2.93. The Kier molecular flexibility index (Phi) is 2.82. The highest BCUT2D eigenvalue weighted by Gasteiger charge is 2.30. The molecule has 2 unspecified atom stereocenters. The van der Waals surface area contributed by atoms with E-state index in [-0.39, 0.29) is 5.82 Å². The summed E-state index contributed by atoms with van der Waals surface area (Å²) in [6.45, 7) is 0.711. The Hall–Kier alpha value is -1.42. The second-order valence-electron chi connectivity index (χ2n) is 5.20. The molecule has 0 aliphatic heterocycles. The van der Waals surface area contributed by atoms with Gasteiger partial charge in [0.05, 0.1) is 11.0 Å². The van der Waals surface area contributed by atoms with E-state index in [2.05, 4.69) is 9.55 Å². The third kappa shape index (κ3) is 1.72. The molecule has 0 radical (unpaired) electrons. The average molecular weight is 247 g/mol. The van der Waals surface area contributed by atoms with E-state index >= 15 is 0 Å². The van der Waals surface area contributed by atoms with Gasteiger partial charge in [-0.1, -0.05) is 6.42 Å². The van der Waals surface area contributed by atoms with Gasteiger partial charge in [0, 0.05) is 19.0 Å². The Morgan fingerprint density at radius 2 is 2.28 bits per heavy atom. The van der Waals surface area contributed by atoms with E-state index in [0.717, 1.165) is 23.3 Å². The van der Waals surface area contributed by atoms with Crippen molar-refractivity contribution < 1.29 is 4.39 Å². The van der Waals surface area contributed by atoms with Crippen molar-refractivity contribution in [2.24, 2.45) is 18.7 Å². The van der Waals surface area contributed by atoms with Gasteiger partial charge in [-0.3, -0.25) is 0 Å². The molecular weight excluding hydrogens is 229 g/mol. The number of hydrogen-bond acceptors (Lipinski definition) is 2. The second-order valence-corrected chi connectivity index (χ2v) is 5.20. The summed E-state index contributed by atoms with van der Waals surface area (Å²) in [4.78, 5) is 4.62. The van der Waals surface area contributed by atoms with Crippen LogP contribution in [0, 0.1) is 11.7 Å². The third-order valence-electron chi connectivity index (χ3n) is 4.17. The van der Waals surface area contributed by atoms with Gasteiger partial charge in [-0.15, -0.1) is 0 Å². The fraction of sp³-hybridized carbons (Fsp3) is 0.500. The summed E-state index contributed by atoms with van der Waals surface area (Å²) < 4.78 is 15.3. The zero-order valence-corrected chi connectivity index (χ0v) is 10.6. The summed E-state index contributed by atoms with van der Waals surface area (Å²) in [5, 5.41) is 0. The fourth-order valence-corrected chi connectivity index (χ4v) is 3.18. The van der Waals surface area contributed by atoms with Gasteiger partial charge >= 0.3 is 0 Å². The molecular formula is C14H18FN3. The minimum Gasteiger partial charge on any atom is -0.331 e. The topological polar surface area (TPSA) is 43.8 Å². The van der Waals surface area contributed by atoms with Gasteiger partial charge in [0.25, 0.3) is 0 Å². The first-order valence-corrected chi connectivity index (χ1v) is 6.52. The van der Waals surface area contributed by atoms with Crippen molar-refractivity contribution in [2.45, 2.75) is 25.2 Å². The lowest BCUT2D eigenvalue weighted by Gasteiger charge is -2.17. The monoisotopic (exact) mass is 247 g/mol. The lowest BCUT2D eigenvalue weighted by Crippen LogP contribution is -2.19. The first kappa shape index (κ1) is 11.7. The molecule has 1 fully saturated rings. The molecule has 2 N–H and O–H groups in total. The first-order chi connectivity index (χ1) is 8.70. The number of nitrogens with zero attached hydrogens (tertiary/aromatic N) is 2. The summed E-state index contributed by atoms with van der Waals surface area (Å²) in [6, 6.07) is 4.79. The Labute approximate surface area is 106 Å². The lowest BCUT2D eigenvalue weighted by atomic mass is 9.95. The van der Waals surface area contributed by atoms with Gasteiger partial charge in [-0.25, -0.2) is 9.37 Å². The minimum atomic E-state index is -0.228. The van der Waals surface area contributed by atoms with E-state index < -0.39 is 0 Å². The van der Waals surface area contributed by atoms with E-state index in [4.69, 9.17) is 5.73 Å². The van der Waals surface area contributed by atoms with Crippen molar-refractivity contribution in [3.05, 3.63) is 29.8 Å². The SMILES string of the molecule is Cn1c(C2CCCC2CN)nc2cc(F)ccc21. The van der Waals surface area contributed by atoms with Crippen molar-refractivity contribution in [3.63, 3.8) is 0 Å². The van der Waals surface area contributed by atoms with Gasteiger partial charge < -0.3 is 10.3 Å². The van der Waals surface area contributed by atoms with E-state index in [1.54, 1.807) is 6.07 Å². The summed E-state index contributed by atoms with van der Waals surface area (Å²) in [6.07, 6.45) is 3.53. The van der Waals surface area contributed by atoms with Crippen LogP contribution in [0.15, 0.2) is 18.2 Å².